The number of benzene rings is 1. The first kappa shape index (κ1) is 14.2. The standard InChI is InChI=1S/C12H16F2N2O2S/c1-7-3-8(7)6-16(2)19(17,18)12-5-11(15)9(13)4-10(12)14/h4-5,7-8H,3,6,15H2,1-2H3. The van der Waals surface area contributed by atoms with Crippen molar-refractivity contribution in [3.8, 4) is 0 Å². The molecule has 0 aliphatic heterocycles. The molecule has 0 heterocycles. The molecule has 2 rings (SSSR count). The molecular formula is C12H16F2N2O2S. The lowest BCUT2D eigenvalue weighted by Crippen LogP contribution is -2.30. The molecule has 0 aromatic heterocycles. The third-order valence-corrected chi connectivity index (χ3v) is 5.35. The van der Waals surface area contributed by atoms with Gasteiger partial charge in [-0.15, -0.1) is 0 Å². The van der Waals surface area contributed by atoms with E-state index in [1.807, 2.05) is 6.92 Å². The molecule has 0 amide bonds. The molecule has 0 radical (unpaired) electrons. The minimum atomic E-state index is -3.98. The topological polar surface area (TPSA) is 63.4 Å². The minimum Gasteiger partial charge on any atom is -0.396 e. The summed E-state index contributed by atoms with van der Waals surface area (Å²) in [6.45, 7) is 2.36. The number of sulfonamides is 1. The van der Waals surface area contributed by atoms with Gasteiger partial charge in [-0.05, 0) is 24.3 Å². The highest BCUT2D eigenvalue weighted by molar-refractivity contribution is 7.89. The zero-order valence-corrected chi connectivity index (χ0v) is 11.5. The number of nitrogen functional groups attached to an aromatic ring is 1. The van der Waals surface area contributed by atoms with Crippen molar-refractivity contribution in [2.45, 2.75) is 18.2 Å². The summed E-state index contributed by atoms with van der Waals surface area (Å²) < 4.78 is 52.1. The largest absolute Gasteiger partial charge is 0.396 e. The van der Waals surface area contributed by atoms with Gasteiger partial charge in [0.2, 0.25) is 10.0 Å². The predicted molar refractivity (Wildman–Crippen MR) is 67.9 cm³/mol. The molecule has 1 aromatic carbocycles. The Morgan fingerprint density at radius 1 is 1.37 bits per heavy atom. The quantitative estimate of drug-likeness (QED) is 0.860. The van der Waals surface area contributed by atoms with Gasteiger partial charge in [0.05, 0.1) is 5.69 Å². The number of halogens is 2. The van der Waals surface area contributed by atoms with E-state index in [-0.39, 0.29) is 5.69 Å². The lowest BCUT2D eigenvalue weighted by atomic mass is 10.3. The molecule has 1 aliphatic rings. The average Bonchev–Trinajstić information content (AvgIpc) is 2.99. The van der Waals surface area contributed by atoms with Gasteiger partial charge in [0.1, 0.15) is 16.5 Å². The van der Waals surface area contributed by atoms with Gasteiger partial charge in [-0.1, -0.05) is 6.92 Å². The molecular weight excluding hydrogens is 274 g/mol. The van der Waals surface area contributed by atoms with Crippen LogP contribution >= 0.6 is 0 Å². The normalized spacial score (nSPS) is 22.8. The van der Waals surface area contributed by atoms with Gasteiger partial charge in [-0.2, -0.15) is 0 Å². The van der Waals surface area contributed by atoms with Crippen molar-refractivity contribution in [3.05, 3.63) is 23.8 Å². The molecule has 1 aromatic rings. The third-order valence-electron chi connectivity index (χ3n) is 3.51. The highest BCUT2D eigenvalue weighted by Crippen LogP contribution is 2.39. The predicted octanol–water partition coefficient (Wildman–Crippen LogP) is 1.82. The minimum absolute atomic E-state index is 0.306. The van der Waals surface area contributed by atoms with E-state index in [1.165, 1.54) is 7.05 Å². The summed E-state index contributed by atoms with van der Waals surface area (Å²) in [7, 11) is -2.59. The highest BCUT2D eigenvalue weighted by atomic mass is 32.2. The van der Waals surface area contributed by atoms with Crippen LogP contribution in [0.2, 0.25) is 0 Å². The van der Waals surface area contributed by atoms with Gasteiger partial charge in [0.15, 0.2) is 0 Å². The zero-order valence-electron chi connectivity index (χ0n) is 10.7. The second-order valence-electron chi connectivity index (χ2n) is 5.06. The molecule has 0 saturated heterocycles. The maximum absolute atomic E-state index is 13.6. The van der Waals surface area contributed by atoms with Crippen molar-refractivity contribution in [1.29, 1.82) is 0 Å². The number of rotatable bonds is 4. The first-order valence-corrected chi connectivity index (χ1v) is 7.38. The second-order valence-corrected chi connectivity index (χ2v) is 7.08. The van der Waals surface area contributed by atoms with E-state index in [0.29, 0.717) is 24.4 Å². The molecule has 1 fully saturated rings. The van der Waals surface area contributed by atoms with Crippen molar-refractivity contribution in [2.24, 2.45) is 11.8 Å². The Morgan fingerprint density at radius 2 is 1.95 bits per heavy atom. The van der Waals surface area contributed by atoms with Crippen molar-refractivity contribution in [1.82, 2.24) is 4.31 Å². The van der Waals surface area contributed by atoms with Crippen molar-refractivity contribution in [2.75, 3.05) is 19.3 Å². The summed E-state index contributed by atoms with van der Waals surface area (Å²) in [4.78, 5) is -0.581. The molecule has 2 unspecified atom stereocenters. The van der Waals surface area contributed by atoms with Crippen LogP contribution in [0.25, 0.3) is 0 Å². The average molecular weight is 290 g/mol. The number of hydrogen-bond acceptors (Lipinski definition) is 3. The summed E-state index contributed by atoms with van der Waals surface area (Å²) in [5.41, 5.74) is 4.92. The summed E-state index contributed by atoms with van der Waals surface area (Å²) >= 11 is 0. The van der Waals surface area contributed by atoms with E-state index < -0.39 is 26.6 Å². The van der Waals surface area contributed by atoms with Crippen LogP contribution in [0.5, 0.6) is 0 Å². The molecule has 4 nitrogen and oxygen atoms in total. The third kappa shape index (κ3) is 2.71. The number of hydrogen-bond donors (Lipinski definition) is 1. The van der Waals surface area contributed by atoms with Crippen LogP contribution in [0.1, 0.15) is 13.3 Å². The maximum atomic E-state index is 13.6. The molecule has 2 atom stereocenters. The summed E-state index contributed by atoms with van der Waals surface area (Å²) in [5.74, 6) is -1.29. The monoisotopic (exact) mass is 290 g/mol. The van der Waals surface area contributed by atoms with Crippen molar-refractivity contribution >= 4 is 15.7 Å². The number of nitrogens with zero attached hydrogens (tertiary/aromatic N) is 1. The summed E-state index contributed by atoms with van der Waals surface area (Å²) in [6.07, 6.45) is 0.966. The Kier molecular flexibility index (Phi) is 3.53. The zero-order chi connectivity index (χ0) is 14.4. The first-order valence-electron chi connectivity index (χ1n) is 5.94. The Morgan fingerprint density at radius 3 is 2.47 bits per heavy atom. The number of nitrogens with two attached hydrogens (primary N) is 1. The van der Waals surface area contributed by atoms with Gasteiger partial charge >= 0.3 is 0 Å². The van der Waals surface area contributed by atoms with Gasteiger partial charge in [0.25, 0.3) is 0 Å². The SMILES string of the molecule is CC1CC1CN(C)S(=O)(=O)c1cc(N)c(F)cc1F. The fourth-order valence-electron chi connectivity index (χ4n) is 1.99. The van der Waals surface area contributed by atoms with Crippen molar-refractivity contribution in [3.63, 3.8) is 0 Å². The van der Waals surface area contributed by atoms with Gasteiger partial charge < -0.3 is 5.73 Å². The fourth-order valence-corrected chi connectivity index (χ4v) is 3.30. The van der Waals surface area contributed by atoms with E-state index in [0.717, 1.165) is 16.8 Å². The van der Waals surface area contributed by atoms with E-state index in [4.69, 9.17) is 5.73 Å². The van der Waals surface area contributed by atoms with Crippen LogP contribution < -0.4 is 5.73 Å². The molecule has 2 N–H and O–H groups in total. The second kappa shape index (κ2) is 4.72. The molecule has 106 valence electrons. The van der Waals surface area contributed by atoms with Crippen molar-refractivity contribution < 1.29 is 17.2 Å². The van der Waals surface area contributed by atoms with Crippen LogP contribution in [0, 0.1) is 23.5 Å². The molecule has 19 heavy (non-hydrogen) atoms. The van der Waals surface area contributed by atoms with Crippen LogP contribution in [-0.4, -0.2) is 26.3 Å². The van der Waals surface area contributed by atoms with Gasteiger partial charge in [-0.25, -0.2) is 21.5 Å². The van der Waals surface area contributed by atoms with Crippen LogP contribution in [0.15, 0.2) is 17.0 Å². The highest BCUT2D eigenvalue weighted by Gasteiger charge is 2.36. The summed E-state index contributed by atoms with van der Waals surface area (Å²) in [5, 5.41) is 0. The van der Waals surface area contributed by atoms with Gasteiger partial charge in [-0.3, -0.25) is 0 Å². The summed E-state index contributed by atoms with van der Waals surface area (Å²) in [6, 6.07) is 1.32. The Balaban J connectivity index is 2.31. The molecule has 7 heteroatoms. The molecule has 0 bridgehead atoms. The maximum Gasteiger partial charge on any atom is 0.245 e. The van der Waals surface area contributed by atoms with Crippen LogP contribution in [0.4, 0.5) is 14.5 Å². The Labute approximate surface area is 111 Å². The van der Waals surface area contributed by atoms with Gasteiger partial charge in [0, 0.05) is 19.7 Å². The van der Waals surface area contributed by atoms with E-state index in [9.17, 15) is 17.2 Å². The fraction of sp³-hybridized carbons (Fsp3) is 0.500. The van der Waals surface area contributed by atoms with E-state index in [2.05, 4.69) is 0 Å². The van der Waals surface area contributed by atoms with Crippen LogP contribution in [-0.2, 0) is 10.0 Å². The van der Waals surface area contributed by atoms with E-state index >= 15 is 0 Å². The molecule has 1 saturated carbocycles. The lowest BCUT2D eigenvalue weighted by Gasteiger charge is -2.18. The molecule has 1 aliphatic carbocycles. The Hall–Kier alpha value is -1.21. The smallest absolute Gasteiger partial charge is 0.245 e. The van der Waals surface area contributed by atoms with Crippen LogP contribution in [0.3, 0.4) is 0 Å². The first-order chi connectivity index (χ1) is 8.73. The lowest BCUT2D eigenvalue weighted by molar-refractivity contribution is 0.439. The molecule has 0 spiro atoms. The number of anilines is 1. The van der Waals surface area contributed by atoms with E-state index in [1.54, 1.807) is 0 Å². The Bertz CT molecular complexity index is 604.